The Kier molecular flexibility index (Phi) is 7.77. The Morgan fingerprint density at radius 3 is 2.77 bits per heavy atom. The van der Waals surface area contributed by atoms with Gasteiger partial charge in [0, 0.05) is 4.88 Å². The summed E-state index contributed by atoms with van der Waals surface area (Å²) in [5.74, 6) is 0.153. The van der Waals surface area contributed by atoms with Gasteiger partial charge >= 0.3 is 5.97 Å². The molecule has 9 heteroatoms. The topological polar surface area (TPSA) is 104 Å². The Labute approximate surface area is 184 Å². The molecule has 3 aromatic rings. The van der Waals surface area contributed by atoms with Crippen LogP contribution >= 0.6 is 11.3 Å². The van der Waals surface area contributed by atoms with Gasteiger partial charge in [-0.05, 0) is 36.6 Å². The van der Waals surface area contributed by atoms with Crippen molar-refractivity contribution in [1.82, 2.24) is 10.1 Å². The molecule has 0 unspecified atom stereocenters. The molecular weight excluding hydrogens is 418 g/mol. The molecule has 1 amide bonds. The number of amides is 1. The second-order valence-corrected chi connectivity index (χ2v) is 7.91. The van der Waals surface area contributed by atoms with Crippen molar-refractivity contribution < 1.29 is 23.6 Å². The van der Waals surface area contributed by atoms with Gasteiger partial charge in [-0.15, -0.1) is 11.3 Å². The van der Waals surface area contributed by atoms with Crippen LogP contribution < -0.4 is 10.1 Å². The molecule has 2 heterocycles. The first-order chi connectivity index (χ1) is 15.0. The summed E-state index contributed by atoms with van der Waals surface area (Å²) in [7, 11) is 1.53. The van der Waals surface area contributed by atoms with E-state index in [1.807, 2.05) is 12.1 Å². The molecule has 8 nitrogen and oxygen atoms in total. The van der Waals surface area contributed by atoms with Crippen molar-refractivity contribution in [1.29, 1.82) is 0 Å². The number of methoxy groups -OCH3 is 1. The highest BCUT2D eigenvalue weighted by atomic mass is 32.1. The smallest absolute Gasteiger partial charge is 0.348 e. The summed E-state index contributed by atoms with van der Waals surface area (Å²) in [6, 6.07) is 8.97. The zero-order valence-corrected chi connectivity index (χ0v) is 18.6. The lowest BCUT2D eigenvalue weighted by atomic mass is 10.1. The number of ether oxygens (including phenoxy) is 2. The van der Waals surface area contributed by atoms with Gasteiger partial charge in [0.15, 0.2) is 12.4 Å². The van der Waals surface area contributed by atoms with Gasteiger partial charge in [-0.25, -0.2) is 4.79 Å². The molecule has 0 bridgehead atoms. The van der Waals surface area contributed by atoms with Gasteiger partial charge in [0.1, 0.15) is 10.6 Å². The number of hydrogen-bond acceptors (Lipinski definition) is 8. The van der Waals surface area contributed by atoms with E-state index in [0.29, 0.717) is 16.3 Å². The molecule has 0 atom stereocenters. The molecule has 1 N–H and O–H groups in total. The fraction of sp³-hybridized carbons (Fsp3) is 0.364. The van der Waals surface area contributed by atoms with E-state index in [1.165, 1.54) is 28.9 Å². The van der Waals surface area contributed by atoms with Crippen molar-refractivity contribution in [3.8, 4) is 5.75 Å². The van der Waals surface area contributed by atoms with Gasteiger partial charge in [0.25, 0.3) is 5.89 Å². The Hall–Kier alpha value is -3.20. The standard InChI is InChI=1S/C22H25N3O5S/c1-4-8-17-14(5-2)11-18(31-17)22(27)29-13-21-24-19(25-30-21)12-20(26)23-15-9-6-7-10-16(15)28-3/h6-7,9-11H,4-5,8,12-13H2,1-3H3,(H,23,26). The highest BCUT2D eigenvalue weighted by molar-refractivity contribution is 7.14. The maximum atomic E-state index is 12.4. The van der Waals surface area contributed by atoms with Gasteiger partial charge < -0.3 is 19.3 Å². The maximum absolute atomic E-state index is 12.4. The van der Waals surface area contributed by atoms with Crippen LogP contribution in [0, 0.1) is 0 Å². The first kappa shape index (κ1) is 22.5. The van der Waals surface area contributed by atoms with Gasteiger partial charge in [0.05, 0.1) is 19.2 Å². The van der Waals surface area contributed by atoms with E-state index in [1.54, 1.807) is 18.2 Å². The lowest BCUT2D eigenvalue weighted by Gasteiger charge is -2.08. The minimum atomic E-state index is -0.421. The Bertz CT molecular complexity index is 1040. The number of carbonyl (C=O) groups excluding carboxylic acids is 2. The third-order valence-corrected chi connectivity index (χ3v) is 5.71. The summed E-state index contributed by atoms with van der Waals surface area (Å²) in [5.41, 5.74) is 1.73. The van der Waals surface area contributed by atoms with E-state index in [0.717, 1.165) is 19.3 Å². The molecule has 0 aliphatic carbocycles. The van der Waals surface area contributed by atoms with Crippen LogP contribution in [0.5, 0.6) is 5.75 Å². The highest BCUT2D eigenvalue weighted by Gasteiger charge is 2.17. The Morgan fingerprint density at radius 1 is 1.23 bits per heavy atom. The summed E-state index contributed by atoms with van der Waals surface area (Å²) in [4.78, 5) is 30.5. The molecule has 1 aromatic carbocycles. The zero-order chi connectivity index (χ0) is 22.2. The molecule has 164 valence electrons. The number of nitrogens with one attached hydrogen (secondary N) is 1. The third kappa shape index (κ3) is 5.91. The van der Waals surface area contributed by atoms with Gasteiger partial charge in [-0.3, -0.25) is 4.79 Å². The van der Waals surface area contributed by atoms with Crippen LogP contribution in [0.3, 0.4) is 0 Å². The van der Waals surface area contributed by atoms with Crippen molar-refractivity contribution in [2.75, 3.05) is 12.4 Å². The minimum absolute atomic E-state index is 0.0827. The van der Waals surface area contributed by atoms with Gasteiger partial charge in [0.2, 0.25) is 5.91 Å². The molecule has 0 fully saturated rings. The van der Waals surface area contributed by atoms with E-state index in [4.69, 9.17) is 14.0 Å². The van der Waals surface area contributed by atoms with Crippen molar-refractivity contribution in [2.45, 2.75) is 46.1 Å². The predicted molar refractivity (Wildman–Crippen MR) is 116 cm³/mol. The average molecular weight is 444 g/mol. The zero-order valence-electron chi connectivity index (χ0n) is 17.8. The summed E-state index contributed by atoms with van der Waals surface area (Å²) >= 11 is 1.47. The number of aryl methyl sites for hydroxylation is 2. The lowest BCUT2D eigenvalue weighted by molar-refractivity contribution is -0.115. The van der Waals surface area contributed by atoms with Crippen molar-refractivity contribution >= 4 is 28.9 Å². The van der Waals surface area contributed by atoms with Crippen molar-refractivity contribution in [3.05, 3.63) is 57.4 Å². The number of para-hydroxylation sites is 2. The molecule has 0 aliphatic heterocycles. The number of anilines is 1. The van der Waals surface area contributed by atoms with Crippen LogP contribution in [0.15, 0.2) is 34.9 Å². The van der Waals surface area contributed by atoms with E-state index < -0.39 is 5.97 Å². The molecule has 0 spiro atoms. The van der Waals surface area contributed by atoms with Gasteiger partial charge in [-0.1, -0.05) is 37.6 Å². The van der Waals surface area contributed by atoms with Crippen LogP contribution in [-0.4, -0.2) is 29.1 Å². The van der Waals surface area contributed by atoms with Crippen LogP contribution in [0.1, 0.15) is 52.1 Å². The maximum Gasteiger partial charge on any atom is 0.348 e. The fourth-order valence-electron chi connectivity index (χ4n) is 3.01. The van der Waals surface area contributed by atoms with E-state index in [9.17, 15) is 9.59 Å². The summed E-state index contributed by atoms with van der Waals surface area (Å²) in [6.45, 7) is 4.03. The summed E-state index contributed by atoms with van der Waals surface area (Å²) < 4.78 is 15.6. The summed E-state index contributed by atoms with van der Waals surface area (Å²) in [6.07, 6.45) is 2.77. The average Bonchev–Trinajstić information content (AvgIpc) is 3.39. The first-order valence-electron chi connectivity index (χ1n) is 10.1. The van der Waals surface area contributed by atoms with Crippen molar-refractivity contribution in [2.24, 2.45) is 0 Å². The molecule has 0 radical (unpaired) electrons. The molecule has 0 saturated carbocycles. The molecule has 0 saturated heterocycles. The van der Waals surface area contributed by atoms with Gasteiger partial charge in [-0.2, -0.15) is 4.98 Å². The molecule has 0 aliphatic rings. The minimum Gasteiger partial charge on any atom is -0.495 e. The molecular formula is C22H25N3O5S. The number of nitrogens with zero attached hydrogens (tertiary/aromatic N) is 2. The number of benzene rings is 1. The molecule has 2 aromatic heterocycles. The Morgan fingerprint density at radius 2 is 2.03 bits per heavy atom. The molecule has 3 rings (SSSR count). The van der Waals surface area contributed by atoms with E-state index in [2.05, 4.69) is 29.3 Å². The number of esters is 1. The first-order valence-corrected chi connectivity index (χ1v) is 10.9. The Balaban J connectivity index is 1.54. The monoisotopic (exact) mass is 443 g/mol. The predicted octanol–water partition coefficient (Wildman–Crippen LogP) is 4.19. The second-order valence-electron chi connectivity index (χ2n) is 6.77. The third-order valence-electron chi connectivity index (χ3n) is 4.49. The normalized spacial score (nSPS) is 10.7. The van der Waals surface area contributed by atoms with Crippen LogP contribution in [0.4, 0.5) is 5.69 Å². The number of rotatable bonds is 10. The lowest BCUT2D eigenvalue weighted by Crippen LogP contribution is -2.15. The summed E-state index contributed by atoms with van der Waals surface area (Å²) in [5, 5.41) is 6.52. The van der Waals surface area contributed by atoms with Crippen LogP contribution in [0.2, 0.25) is 0 Å². The second kappa shape index (κ2) is 10.7. The number of hydrogen-bond donors (Lipinski definition) is 1. The quantitative estimate of drug-likeness (QED) is 0.469. The highest BCUT2D eigenvalue weighted by Crippen LogP contribution is 2.26. The molecule has 31 heavy (non-hydrogen) atoms. The number of aromatic nitrogens is 2. The van der Waals surface area contributed by atoms with E-state index in [-0.39, 0.29) is 30.7 Å². The van der Waals surface area contributed by atoms with Crippen LogP contribution in [0.25, 0.3) is 0 Å². The van der Waals surface area contributed by atoms with Crippen LogP contribution in [-0.2, 0) is 35.4 Å². The largest absolute Gasteiger partial charge is 0.495 e. The fourth-order valence-corrected chi connectivity index (χ4v) is 4.26. The van der Waals surface area contributed by atoms with E-state index >= 15 is 0 Å². The SMILES string of the molecule is CCCc1sc(C(=O)OCc2nc(CC(=O)Nc3ccccc3OC)no2)cc1CC. The number of thiophene rings is 1. The number of carbonyl (C=O) groups is 2. The van der Waals surface area contributed by atoms with Crippen molar-refractivity contribution in [3.63, 3.8) is 0 Å².